The van der Waals surface area contributed by atoms with Crippen LogP contribution in [0.5, 0.6) is 0 Å². The van der Waals surface area contributed by atoms with Gasteiger partial charge in [0.25, 0.3) is 0 Å². The first-order chi connectivity index (χ1) is 13.4. The zero-order valence-corrected chi connectivity index (χ0v) is 13.8. The zero-order chi connectivity index (χ0) is 25.4. The molecular formula is C9F16O5S. The van der Waals surface area contributed by atoms with Crippen molar-refractivity contribution < 1.29 is 92.4 Å². The highest BCUT2D eigenvalue weighted by Gasteiger charge is 2.83. The Bertz CT molecular complexity index is 802. The second-order valence-corrected chi connectivity index (χ2v) is 5.86. The summed E-state index contributed by atoms with van der Waals surface area (Å²) in [6.45, 7) is 0. The van der Waals surface area contributed by atoms with Crippen LogP contribution in [0.4, 0.5) is 69.7 Å². The molecule has 5 nitrogen and oxygen atoms in total. The van der Waals surface area contributed by atoms with Crippen LogP contribution in [-0.4, -0.2) is 37.9 Å². The van der Waals surface area contributed by atoms with Gasteiger partial charge in [0.05, 0.1) is 0 Å². The molecule has 0 N–H and O–H groups in total. The molecule has 31 heavy (non-hydrogen) atoms. The summed E-state index contributed by atoms with van der Waals surface area (Å²) in [5.74, 6) is -7.75. The van der Waals surface area contributed by atoms with Gasteiger partial charge in [0.2, 0.25) is 0 Å². The summed E-state index contributed by atoms with van der Waals surface area (Å²) in [5, 5.41) is -7.54. The van der Waals surface area contributed by atoms with Crippen LogP contribution in [0.1, 0.15) is 0 Å². The summed E-state index contributed by atoms with van der Waals surface area (Å²) in [7, 11) is -8.05. The van der Waals surface area contributed by atoms with E-state index < -0.39 is 63.8 Å². The molecule has 0 aliphatic heterocycles. The highest BCUT2D eigenvalue weighted by Crippen LogP contribution is 2.54. The van der Waals surface area contributed by atoms with Crippen molar-refractivity contribution in [3.8, 4) is 0 Å². The van der Waals surface area contributed by atoms with Crippen molar-refractivity contribution in [3.63, 3.8) is 0 Å². The minimum absolute atomic E-state index is 1.52. The van der Waals surface area contributed by atoms with Gasteiger partial charge in [0.15, 0.2) is 0 Å². The molecule has 0 saturated carbocycles. The van der Waals surface area contributed by atoms with Crippen LogP contribution in [0.3, 0.4) is 0 Å². The molecule has 0 aromatic rings. The summed E-state index contributed by atoms with van der Waals surface area (Å²) in [6, 6.07) is -8.21. The second-order valence-electron chi connectivity index (χ2n) is 4.47. The van der Waals surface area contributed by atoms with E-state index in [0.29, 0.717) is 0 Å². The maximum absolute atomic E-state index is 14.0. The van der Waals surface area contributed by atoms with Gasteiger partial charge < -0.3 is 9.47 Å². The van der Waals surface area contributed by atoms with Crippen LogP contribution in [0.15, 0.2) is 24.2 Å². The Morgan fingerprint density at radius 2 is 0.871 bits per heavy atom. The zero-order valence-electron chi connectivity index (χ0n) is 13.0. The Hall–Kier alpha value is -2.13. The van der Waals surface area contributed by atoms with Gasteiger partial charge in [-0.3, -0.25) is 4.74 Å². The summed E-state index contributed by atoms with van der Waals surface area (Å²) < 4.78 is 229. The predicted molar refractivity (Wildman–Crippen MR) is 57.6 cm³/mol. The predicted octanol–water partition coefficient (Wildman–Crippen LogP) is 5.44. The molecule has 0 fully saturated rings. The molecule has 0 heterocycles. The number of hydrogen-bond acceptors (Lipinski definition) is 5. The standard InChI is InChI=1S/C9F16O5S/c10-1(11)3(14)28-6(17,18)5(16,7(19,20)29-4(15)2(12)13)30-8(21,22)9(23,24)31(25,26)27. The van der Waals surface area contributed by atoms with E-state index in [-0.39, 0.29) is 0 Å². The van der Waals surface area contributed by atoms with Gasteiger partial charge in [-0.15, -0.1) is 0 Å². The lowest BCUT2D eigenvalue weighted by atomic mass is 10.2. The highest BCUT2D eigenvalue weighted by atomic mass is 32.3. The van der Waals surface area contributed by atoms with Crippen molar-refractivity contribution >= 4 is 10.2 Å². The third kappa shape index (κ3) is 5.57. The molecule has 0 radical (unpaired) electrons. The third-order valence-corrected chi connectivity index (χ3v) is 3.25. The quantitative estimate of drug-likeness (QED) is 0.217. The van der Waals surface area contributed by atoms with Crippen molar-refractivity contribution in [2.75, 3.05) is 0 Å². The first kappa shape index (κ1) is 28.9. The number of ether oxygens (including phenoxy) is 3. The van der Waals surface area contributed by atoms with E-state index in [1.807, 2.05) is 9.47 Å². The van der Waals surface area contributed by atoms with Gasteiger partial charge in [-0.05, 0) is 0 Å². The molecule has 22 heteroatoms. The number of hydrogen-bond donors (Lipinski definition) is 0. The molecule has 0 aromatic heterocycles. The molecule has 0 rings (SSSR count). The lowest BCUT2D eigenvalue weighted by Gasteiger charge is -2.38. The van der Waals surface area contributed by atoms with Crippen molar-refractivity contribution in [1.29, 1.82) is 0 Å². The molecule has 0 atom stereocenters. The Kier molecular flexibility index (Phi) is 7.85. The fraction of sp³-hybridized carbons (Fsp3) is 0.556. The van der Waals surface area contributed by atoms with E-state index in [1.165, 1.54) is 4.74 Å². The van der Waals surface area contributed by atoms with E-state index in [2.05, 4.69) is 0 Å². The fourth-order valence-electron chi connectivity index (χ4n) is 1.10. The first-order valence-electron chi connectivity index (χ1n) is 6.00. The number of alkyl halides is 9. The lowest BCUT2D eigenvalue weighted by Crippen LogP contribution is -2.65. The van der Waals surface area contributed by atoms with E-state index in [0.717, 1.165) is 0 Å². The molecule has 184 valence electrons. The van der Waals surface area contributed by atoms with Gasteiger partial charge in [-0.25, -0.2) is 0 Å². The highest BCUT2D eigenvalue weighted by molar-refractivity contribution is 7.87. The average Bonchev–Trinajstić information content (AvgIpc) is 2.51. The summed E-state index contributed by atoms with van der Waals surface area (Å²) >= 11 is 0. The molecule has 0 amide bonds. The third-order valence-electron chi connectivity index (χ3n) is 2.40. The lowest BCUT2D eigenvalue weighted by molar-refractivity contribution is -0.524. The minimum Gasteiger partial charge on any atom is -0.398 e. The molecule has 0 bridgehead atoms. The maximum atomic E-state index is 14.0. The van der Waals surface area contributed by atoms with Gasteiger partial charge in [-0.1, -0.05) is 3.89 Å². The first-order valence-corrected chi connectivity index (χ1v) is 7.38. The van der Waals surface area contributed by atoms with Crippen LogP contribution < -0.4 is 0 Å². The molecule has 0 aliphatic rings. The Morgan fingerprint density at radius 1 is 0.581 bits per heavy atom. The molecule has 0 unspecified atom stereocenters. The Labute approximate surface area is 157 Å². The van der Waals surface area contributed by atoms with Crippen molar-refractivity contribution in [2.24, 2.45) is 0 Å². The SMILES string of the molecule is O=S(=O)(F)C(F)(F)C(F)(F)OC(F)(C(F)(F)OC(F)=C(F)F)C(F)(F)OC(F)=C(F)F. The van der Waals surface area contributed by atoms with E-state index >= 15 is 0 Å². The average molecular weight is 524 g/mol. The van der Waals surface area contributed by atoms with E-state index in [1.54, 1.807) is 0 Å². The number of halogens is 16. The van der Waals surface area contributed by atoms with Gasteiger partial charge in [0.1, 0.15) is 0 Å². The van der Waals surface area contributed by atoms with Crippen LogP contribution in [-0.2, 0) is 24.4 Å². The molecule has 0 saturated heterocycles. The molecule has 0 aliphatic carbocycles. The van der Waals surface area contributed by atoms with Crippen molar-refractivity contribution in [1.82, 2.24) is 0 Å². The van der Waals surface area contributed by atoms with Crippen molar-refractivity contribution in [3.05, 3.63) is 24.2 Å². The largest absolute Gasteiger partial charge is 0.472 e. The summed E-state index contributed by atoms with van der Waals surface area (Å²) in [4.78, 5) is 0. The molecule has 0 spiro atoms. The van der Waals surface area contributed by atoms with Crippen LogP contribution >= 0.6 is 0 Å². The maximum Gasteiger partial charge on any atom is 0.472 e. The topological polar surface area (TPSA) is 61.8 Å². The molecule has 0 aromatic carbocycles. The smallest absolute Gasteiger partial charge is 0.398 e. The van der Waals surface area contributed by atoms with Gasteiger partial charge in [-0.2, -0.15) is 74.3 Å². The van der Waals surface area contributed by atoms with Gasteiger partial charge >= 0.3 is 63.8 Å². The minimum atomic E-state index is -8.05. The van der Waals surface area contributed by atoms with Crippen LogP contribution in [0.2, 0.25) is 0 Å². The van der Waals surface area contributed by atoms with Crippen molar-refractivity contribution in [2.45, 2.75) is 29.4 Å². The molecular weight excluding hydrogens is 524 g/mol. The summed E-state index contributed by atoms with van der Waals surface area (Å²) in [6.07, 6.45) is -30.8. The van der Waals surface area contributed by atoms with E-state index in [4.69, 9.17) is 0 Å². The van der Waals surface area contributed by atoms with Crippen LogP contribution in [0.25, 0.3) is 0 Å². The summed E-state index contributed by atoms with van der Waals surface area (Å²) in [5.41, 5.74) is 0. The van der Waals surface area contributed by atoms with Crippen LogP contribution in [0, 0.1) is 0 Å². The monoisotopic (exact) mass is 524 g/mol. The normalized spacial score (nSPS) is 14.2. The Morgan fingerprint density at radius 3 is 1.10 bits per heavy atom. The van der Waals surface area contributed by atoms with E-state index in [9.17, 15) is 78.2 Å². The Balaban J connectivity index is 6.87. The second kappa shape index (κ2) is 8.43. The fourth-order valence-corrected chi connectivity index (χ4v) is 1.43. The van der Waals surface area contributed by atoms with Gasteiger partial charge in [0, 0.05) is 0 Å². The number of rotatable bonds is 10.